The molecule has 2 aliphatic rings. The fourth-order valence-electron chi connectivity index (χ4n) is 2.80. The first-order chi connectivity index (χ1) is 13.1. The van der Waals surface area contributed by atoms with Crippen molar-refractivity contribution in [2.45, 2.75) is 32.6 Å². The molecule has 0 radical (unpaired) electrons. The third-order valence-electron chi connectivity index (χ3n) is 4.14. The summed E-state index contributed by atoms with van der Waals surface area (Å²) in [7, 11) is 0. The van der Waals surface area contributed by atoms with Crippen LogP contribution >= 0.6 is 24.0 Å². The Labute approximate surface area is 167 Å². The monoisotopic (exact) mass is 407 g/mol. The molecule has 1 saturated heterocycles. The average Bonchev–Trinajstić information content (AvgIpc) is 3.20. The van der Waals surface area contributed by atoms with Crippen LogP contribution in [0.25, 0.3) is 6.08 Å². The van der Waals surface area contributed by atoms with Crippen LogP contribution in [-0.2, 0) is 14.3 Å². The van der Waals surface area contributed by atoms with Crippen LogP contribution in [0.4, 0.5) is 0 Å². The fourth-order valence-corrected chi connectivity index (χ4v) is 4.10. The Morgan fingerprint density at radius 1 is 1.30 bits per heavy atom. The summed E-state index contributed by atoms with van der Waals surface area (Å²) in [5.74, 6) is 1.14. The summed E-state index contributed by atoms with van der Waals surface area (Å²) < 4.78 is 16.1. The van der Waals surface area contributed by atoms with Gasteiger partial charge in [0.25, 0.3) is 5.91 Å². The molecule has 3 rings (SSSR count). The highest BCUT2D eigenvalue weighted by atomic mass is 32.2. The summed E-state index contributed by atoms with van der Waals surface area (Å²) in [5.41, 5.74) is 0.870. The van der Waals surface area contributed by atoms with Gasteiger partial charge in [-0.2, -0.15) is 0 Å². The lowest BCUT2D eigenvalue weighted by atomic mass is 10.1. The van der Waals surface area contributed by atoms with Crippen molar-refractivity contribution < 1.29 is 23.8 Å². The molecule has 0 atom stereocenters. The Morgan fingerprint density at radius 2 is 2.11 bits per heavy atom. The molecule has 0 N–H and O–H groups in total. The average molecular weight is 408 g/mol. The van der Waals surface area contributed by atoms with Gasteiger partial charge in [0.15, 0.2) is 11.5 Å². The van der Waals surface area contributed by atoms with Gasteiger partial charge in [-0.05, 0) is 43.5 Å². The number of esters is 1. The van der Waals surface area contributed by atoms with Crippen molar-refractivity contribution in [1.82, 2.24) is 4.90 Å². The molecule has 1 aromatic carbocycles. The molecular weight excluding hydrogens is 386 g/mol. The first kappa shape index (κ1) is 19.7. The summed E-state index contributed by atoms with van der Waals surface area (Å²) in [4.78, 5) is 26.2. The van der Waals surface area contributed by atoms with Gasteiger partial charge >= 0.3 is 5.97 Å². The number of benzene rings is 1. The van der Waals surface area contributed by atoms with Gasteiger partial charge in [-0.1, -0.05) is 36.5 Å². The van der Waals surface area contributed by atoms with Gasteiger partial charge in [0.1, 0.15) is 4.32 Å². The number of rotatable bonds is 8. The molecule has 2 heterocycles. The molecule has 0 bridgehead atoms. The molecule has 0 unspecified atom stereocenters. The van der Waals surface area contributed by atoms with E-state index in [-0.39, 0.29) is 18.7 Å². The van der Waals surface area contributed by atoms with Crippen molar-refractivity contribution in [1.29, 1.82) is 0 Å². The van der Waals surface area contributed by atoms with Crippen molar-refractivity contribution in [2.24, 2.45) is 0 Å². The Kier molecular flexibility index (Phi) is 6.73. The second kappa shape index (κ2) is 9.23. The van der Waals surface area contributed by atoms with Gasteiger partial charge in [0, 0.05) is 13.0 Å². The van der Waals surface area contributed by atoms with Gasteiger partial charge < -0.3 is 14.2 Å². The molecule has 0 spiro atoms. The van der Waals surface area contributed by atoms with Crippen molar-refractivity contribution in [3.8, 4) is 11.5 Å². The van der Waals surface area contributed by atoms with E-state index in [0.717, 1.165) is 24.8 Å². The number of fused-ring (bicyclic) bond motifs is 1. The van der Waals surface area contributed by atoms with Crippen LogP contribution < -0.4 is 9.47 Å². The van der Waals surface area contributed by atoms with E-state index >= 15 is 0 Å². The molecular formula is C19H21NO5S2. The minimum Gasteiger partial charge on any atom is -0.466 e. The van der Waals surface area contributed by atoms with Crippen molar-refractivity contribution in [3.05, 3.63) is 28.7 Å². The number of unbranched alkanes of at least 4 members (excludes halogenated alkanes) is 2. The van der Waals surface area contributed by atoms with Crippen LogP contribution in [0.2, 0.25) is 0 Å². The van der Waals surface area contributed by atoms with Crippen LogP contribution in [0, 0.1) is 0 Å². The summed E-state index contributed by atoms with van der Waals surface area (Å²) in [6.07, 6.45) is 4.62. The molecule has 0 saturated carbocycles. The SMILES string of the molecule is CCOC(=O)CCCCCN1C(=O)/C(=C/c2ccc3c(c2)OCO3)SC1=S. The number of ether oxygens (including phenoxy) is 3. The largest absolute Gasteiger partial charge is 0.466 e. The fraction of sp³-hybridized carbons (Fsp3) is 0.421. The number of thioether (sulfide) groups is 1. The summed E-state index contributed by atoms with van der Waals surface area (Å²) >= 11 is 6.66. The van der Waals surface area contributed by atoms with Crippen LogP contribution in [0.15, 0.2) is 23.1 Å². The van der Waals surface area contributed by atoms with E-state index in [2.05, 4.69) is 0 Å². The molecule has 1 aromatic rings. The predicted octanol–water partition coefficient (Wildman–Crippen LogP) is 3.74. The third-order valence-corrected chi connectivity index (χ3v) is 5.51. The molecule has 0 aromatic heterocycles. The van der Waals surface area contributed by atoms with Gasteiger partial charge in [-0.25, -0.2) is 0 Å². The Hall–Kier alpha value is -2.06. The lowest BCUT2D eigenvalue weighted by molar-refractivity contribution is -0.143. The number of amides is 1. The molecule has 144 valence electrons. The van der Waals surface area contributed by atoms with E-state index < -0.39 is 0 Å². The maximum absolute atomic E-state index is 12.6. The minimum absolute atomic E-state index is 0.0759. The first-order valence-electron chi connectivity index (χ1n) is 8.89. The highest BCUT2D eigenvalue weighted by Gasteiger charge is 2.31. The van der Waals surface area contributed by atoms with Crippen LogP contribution in [0.3, 0.4) is 0 Å². The maximum Gasteiger partial charge on any atom is 0.305 e. The van der Waals surface area contributed by atoms with E-state index in [1.165, 1.54) is 11.8 Å². The van der Waals surface area contributed by atoms with E-state index in [1.807, 2.05) is 24.3 Å². The predicted molar refractivity (Wildman–Crippen MR) is 108 cm³/mol. The van der Waals surface area contributed by atoms with Crippen LogP contribution in [-0.4, -0.2) is 41.0 Å². The molecule has 8 heteroatoms. The smallest absolute Gasteiger partial charge is 0.305 e. The standard InChI is InChI=1S/C19H21NO5S2/c1-2-23-17(21)6-4-3-5-9-20-18(22)16(27-19(20)26)11-13-7-8-14-15(10-13)25-12-24-14/h7-8,10-11H,2-6,9,12H2,1H3/b16-11-. The van der Waals surface area contributed by atoms with Crippen molar-refractivity contribution >= 4 is 46.3 Å². The zero-order valence-corrected chi connectivity index (χ0v) is 16.7. The van der Waals surface area contributed by atoms with Gasteiger partial charge in [0.05, 0.1) is 11.5 Å². The first-order valence-corrected chi connectivity index (χ1v) is 10.1. The van der Waals surface area contributed by atoms with Crippen LogP contribution in [0.5, 0.6) is 11.5 Å². The lowest BCUT2D eigenvalue weighted by Crippen LogP contribution is -2.29. The van der Waals surface area contributed by atoms with E-state index in [0.29, 0.717) is 40.3 Å². The molecule has 0 aliphatic carbocycles. The van der Waals surface area contributed by atoms with E-state index in [1.54, 1.807) is 11.8 Å². The topological polar surface area (TPSA) is 65.1 Å². The number of nitrogens with zero attached hydrogens (tertiary/aromatic N) is 1. The maximum atomic E-state index is 12.6. The number of carbonyl (C=O) groups is 2. The molecule has 6 nitrogen and oxygen atoms in total. The zero-order chi connectivity index (χ0) is 19.2. The molecule has 27 heavy (non-hydrogen) atoms. The van der Waals surface area contributed by atoms with E-state index in [9.17, 15) is 9.59 Å². The van der Waals surface area contributed by atoms with Gasteiger partial charge in [-0.3, -0.25) is 14.5 Å². The van der Waals surface area contributed by atoms with Gasteiger partial charge in [0.2, 0.25) is 6.79 Å². The summed E-state index contributed by atoms with van der Waals surface area (Å²) in [6, 6.07) is 5.57. The number of carbonyl (C=O) groups excluding carboxylic acids is 2. The molecule has 2 aliphatic heterocycles. The van der Waals surface area contributed by atoms with E-state index in [4.69, 9.17) is 26.4 Å². The van der Waals surface area contributed by atoms with Crippen LogP contribution in [0.1, 0.15) is 38.2 Å². The highest BCUT2D eigenvalue weighted by molar-refractivity contribution is 8.26. The Balaban J connectivity index is 1.51. The highest BCUT2D eigenvalue weighted by Crippen LogP contribution is 2.36. The number of hydrogen-bond donors (Lipinski definition) is 0. The Bertz CT molecular complexity index is 777. The van der Waals surface area contributed by atoms with Crippen molar-refractivity contribution in [3.63, 3.8) is 0 Å². The Morgan fingerprint density at radius 3 is 2.93 bits per heavy atom. The molecule has 1 fully saturated rings. The van der Waals surface area contributed by atoms with Gasteiger partial charge in [-0.15, -0.1) is 0 Å². The number of hydrogen-bond acceptors (Lipinski definition) is 7. The zero-order valence-electron chi connectivity index (χ0n) is 15.1. The summed E-state index contributed by atoms with van der Waals surface area (Å²) in [6.45, 7) is 2.98. The second-order valence-electron chi connectivity index (χ2n) is 6.06. The normalized spacial score (nSPS) is 17.1. The molecule has 1 amide bonds. The quantitative estimate of drug-likeness (QED) is 0.281. The minimum atomic E-state index is -0.172. The number of thiocarbonyl (C=S) groups is 1. The lowest BCUT2D eigenvalue weighted by Gasteiger charge is -2.13. The third kappa shape index (κ3) is 5.01. The second-order valence-corrected chi connectivity index (χ2v) is 7.74. The summed E-state index contributed by atoms with van der Waals surface area (Å²) in [5, 5.41) is 0. The van der Waals surface area contributed by atoms with Crippen molar-refractivity contribution in [2.75, 3.05) is 19.9 Å².